The third kappa shape index (κ3) is 4.78. The number of furan rings is 1. The summed E-state index contributed by atoms with van der Waals surface area (Å²) in [5, 5.41) is 7.70. The summed E-state index contributed by atoms with van der Waals surface area (Å²) in [7, 11) is 5.06. The normalized spacial score (nSPS) is 12.0. The van der Waals surface area contributed by atoms with Crippen LogP contribution in [-0.4, -0.2) is 34.5 Å². The molecule has 3 aromatic carbocycles. The summed E-state index contributed by atoms with van der Waals surface area (Å²) in [6.45, 7) is 1.88. The van der Waals surface area contributed by atoms with E-state index in [1.54, 1.807) is 34.5 Å². The van der Waals surface area contributed by atoms with E-state index >= 15 is 0 Å². The fourth-order valence-corrected chi connectivity index (χ4v) is 5.43. The predicted molar refractivity (Wildman–Crippen MR) is 161 cm³/mol. The zero-order valence-electron chi connectivity index (χ0n) is 22.9. The SMILES string of the molecule is COc1ccc(OC)c(C=Nn2c(-c3cc4ccccc4o3)csc2=Nc2c(C)n(C)n(-c3ccccc3)c2=O)c1. The summed E-state index contributed by atoms with van der Waals surface area (Å²) >= 11 is 1.37. The van der Waals surface area contributed by atoms with Crippen molar-refractivity contribution in [2.75, 3.05) is 14.2 Å². The van der Waals surface area contributed by atoms with Gasteiger partial charge in [0.2, 0.25) is 4.80 Å². The number of aromatic nitrogens is 3. The van der Waals surface area contributed by atoms with Gasteiger partial charge in [-0.05, 0) is 49.4 Å². The Balaban J connectivity index is 1.55. The number of fused-ring (bicyclic) bond motifs is 1. The van der Waals surface area contributed by atoms with Crippen LogP contribution in [-0.2, 0) is 7.05 Å². The first kappa shape index (κ1) is 26.1. The second-order valence-electron chi connectivity index (χ2n) is 9.24. The number of rotatable bonds is 7. The van der Waals surface area contributed by atoms with Gasteiger partial charge in [0.1, 0.15) is 22.8 Å². The van der Waals surface area contributed by atoms with Crippen molar-refractivity contribution in [2.45, 2.75) is 6.92 Å². The van der Waals surface area contributed by atoms with E-state index in [0.717, 1.165) is 27.9 Å². The Kier molecular flexibility index (Phi) is 6.90. The van der Waals surface area contributed by atoms with Gasteiger partial charge in [-0.25, -0.2) is 14.4 Å². The topological polar surface area (TPSA) is 88.2 Å². The maximum absolute atomic E-state index is 13.6. The number of benzene rings is 3. The number of nitrogens with zero attached hydrogens (tertiary/aromatic N) is 5. The first-order valence-electron chi connectivity index (χ1n) is 12.8. The lowest BCUT2D eigenvalue weighted by Gasteiger charge is -2.07. The van der Waals surface area contributed by atoms with Gasteiger partial charge >= 0.3 is 0 Å². The molecule has 0 bridgehead atoms. The molecule has 0 aliphatic carbocycles. The molecule has 0 fully saturated rings. The van der Waals surface area contributed by atoms with Crippen LogP contribution >= 0.6 is 11.3 Å². The molecule has 0 aliphatic rings. The van der Waals surface area contributed by atoms with Crippen LogP contribution in [0.2, 0.25) is 0 Å². The van der Waals surface area contributed by atoms with Gasteiger partial charge < -0.3 is 13.9 Å². The van der Waals surface area contributed by atoms with E-state index in [-0.39, 0.29) is 5.56 Å². The van der Waals surface area contributed by atoms with Gasteiger partial charge in [0.25, 0.3) is 5.56 Å². The van der Waals surface area contributed by atoms with Crippen LogP contribution in [0.15, 0.2) is 104 Å². The minimum atomic E-state index is -0.222. The average Bonchev–Trinajstić information content (AvgIpc) is 3.67. The molecule has 6 rings (SSSR count). The van der Waals surface area contributed by atoms with Gasteiger partial charge in [0.05, 0.1) is 31.8 Å². The third-order valence-electron chi connectivity index (χ3n) is 6.84. The molecule has 3 heterocycles. The molecular weight excluding hydrogens is 538 g/mol. The molecule has 0 radical (unpaired) electrons. The van der Waals surface area contributed by atoms with Crippen molar-refractivity contribution in [3.05, 3.63) is 111 Å². The zero-order chi connectivity index (χ0) is 28.5. The minimum absolute atomic E-state index is 0.222. The summed E-state index contributed by atoms with van der Waals surface area (Å²) in [5.74, 6) is 1.94. The highest BCUT2D eigenvalue weighted by Gasteiger charge is 2.18. The van der Waals surface area contributed by atoms with Crippen LogP contribution < -0.4 is 19.8 Å². The molecule has 41 heavy (non-hydrogen) atoms. The Morgan fingerprint density at radius 3 is 2.49 bits per heavy atom. The van der Waals surface area contributed by atoms with Crippen LogP contribution in [0.4, 0.5) is 5.69 Å². The Morgan fingerprint density at radius 2 is 1.73 bits per heavy atom. The number of hydrogen-bond acceptors (Lipinski definition) is 7. The van der Waals surface area contributed by atoms with E-state index in [1.165, 1.54) is 11.3 Å². The Morgan fingerprint density at radius 1 is 0.951 bits per heavy atom. The Labute approximate surface area is 239 Å². The lowest BCUT2D eigenvalue weighted by atomic mass is 10.2. The molecule has 206 valence electrons. The van der Waals surface area contributed by atoms with Gasteiger partial charge in [0, 0.05) is 23.4 Å². The molecule has 0 atom stereocenters. The zero-order valence-corrected chi connectivity index (χ0v) is 23.8. The van der Waals surface area contributed by atoms with Crippen LogP contribution in [0.3, 0.4) is 0 Å². The molecule has 0 spiro atoms. The second kappa shape index (κ2) is 10.8. The fourth-order valence-electron chi connectivity index (χ4n) is 4.61. The molecule has 0 unspecified atom stereocenters. The van der Waals surface area contributed by atoms with Gasteiger partial charge in [-0.3, -0.25) is 9.48 Å². The first-order chi connectivity index (χ1) is 20.0. The predicted octanol–water partition coefficient (Wildman–Crippen LogP) is 5.89. The summed E-state index contributed by atoms with van der Waals surface area (Å²) in [6, 6.07) is 24.8. The third-order valence-corrected chi connectivity index (χ3v) is 7.66. The van der Waals surface area contributed by atoms with Crippen molar-refractivity contribution >= 4 is 34.2 Å². The summed E-state index contributed by atoms with van der Waals surface area (Å²) < 4.78 is 22.2. The first-order valence-corrected chi connectivity index (χ1v) is 13.7. The van der Waals surface area contributed by atoms with Crippen molar-refractivity contribution in [1.82, 2.24) is 14.0 Å². The highest BCUT2D eigenvalue weighted by Crippen LogP contribution is 2.29. The standard InChI is InChI=1S/C31H27N5O4S/c1-20-29(30(37)36(34(20)2)23-11-6-5-7-12-23)33-31-35(32-18-22-16-24(38-3)14-15-26(22)39-4)25(19-41-31)28-17-21-10-8-9-13-27(21)40-28/h5-19H,1-4H3. The van der Waals surface area contributed by atoms with Crippen molar-refractivity contribution in [3.63, 3.8) is 0 Å². The van der Waals surface area contributed by atoms with Crippen molar-refractivity contribution in [2.24, 2.45) is 17.1 Å². The van der Waals surface area contributed by atoms with Crippen LogP contribution in [0.1, 0.15) is 11.3 Å². The largest absolute Gasteiger partial charge is 0.497 e. The van der Waals surface area contributed by atoms with Crippen molar-refractivity contribution in [1.29, 1.82) is 0 Å². The van der Waals surface area contributed by atoms with Crippen molar-refractivity contribution in [3.8, 4) is 28.6 Å². The van der Waals surface area contributed by atoms with E-state index < -0.39 is 0 Å². The molecule has 0 amide bonds. The average molecular weight is 566 g/mol. The number of hydrogen-bond donors (Lipinski definition) is 0. The molecule has 10 heteroatoms. The highest BCUT2D eigenvalue weighted by atomic mass is 32.1. The van der Waals surface area contributed by atoms with Crippen LogP contribution in [0.5, 0.6) is 11.5 Å². The van der Waals surface area contributed by atoms with Crippen molar-refractivity contribution < 1.29 is 13.9 Å². The molecule has 9 nitrogen and oxygen atoms in total. The summed E-state index contributed by atoms with van der Waals surface area (Å²) in [5.41, 5.74) is 3.77. The van der Waals surface area contributed by atoms with E-state index in [2.05, 4.69) is 0 Å². The lowest BCUT2D eigenvalue weighted by Crippen LogP contribution is -2.19. The molecule has 0 saturated carbocycles. The lowest BCUT2D eigenvalue weighted by molar-refractivity contribution is 0.402. The molecule has 0 saturated heterocycles. The summed E-state index contributed by atoms with van der Waals surface area (Å²) in [6.07, 6.45) is 1.68. The quantitative estimate of drug-likeness (QED) is 0.226. The van der Waals surface area contributed by atoms with E-state index in [9.17, 15) is 4.79 Å². The summed E-state index contributed by atoms with van der Waals surface area (Å²) in [4.78, 5) is 19.0. The van der Waals surface area contributed by atoms with Gasteiger partial charge in [0.15, 0.2) is 11.4 Å². The molecule has 6 aromatic rings. The second-order valence-corrected chi connectivity index (χ2v) is 10.1. The van der Waals surface area contributed by atoms with E-state index in [4.69, 9.17) is 24.0 Å². The number of para-hydroxylation sites is 2. The molecule has 0 N–H and O–H groups in total. The maximum atomic E-state index is 13.6. The fraction of sp³-hybridized carbons (Fsp3) is 0.129. The van der Waals surface area contributed by atoms with E-state index in [0.29, 0.717) is 33.4 Å². The monoisotopic (exact) mass is 565 g/mol. The molecular formula is C31H27N5O4S. The smallest absolute Gasteiger partial charge is 0.297 e. The number of ether oxygens (including phenoxy) is 2. The van der Waals surface area contributed by atoms with Gasteiger partial charge in [-0.2, -0.15) is 5.10 Å². The minimum Gasteiger partial charge on any atom is -0.497 e. The van der Waals surface area contributed by atoms with Crippen LogP contribution in [0, 0.1) is 6.92 Å². The van der Waals surface area contributed by atoms with Gasteiger partial charge in [-0.1, -0.05) is 36.4 Å². The van der Waals surface area contributed by atoms with E-state index in [1.807, 2.05) is 98.2 Å². The molecule has 0 aliphatic heterocycles. The number of thiazole rings is 1. The highest BCUT2D eigenvalue weighted by molar-refractivity contribution is 7.07. The number of methoxy groups -OCH3 is 2. The maximum Gasteiger partial charge on any atom is 0.297 e. The Hall–Kier alpha value is -5.09. The Bertz CT molecular complexity index is 1990. The van der Waals surface area contributed by atoms with Crippen LogP contribution in [0.25, 0.3) is 28.1 Å². The molecule has 3 aromatic heterocycles. The van der Waals surface area contributed by atoms with Gasteiger partial charge in [-0.15, -0.1) is 11.3 Å².